The standard InChI is InChI=1S/C5H4BrN3O/c1-9-5(6)4(2-8-9)7-3-10/h2H,1H3. The summed E-state index contributed by atoms with van der Waals surface area (Å²) in [7, 11) is 1.74. The fourth-order valence-corrected chi connectivity index (χ4v) is 0.818. The van der Waals surface area contributed by atoms with E-state index >= 15 is 0 Å². The first-order valence-electron chi connectivity index (χ1n) is 2.51. The molecule has 5 heteroatoms. The van der Waals surface area contributed by atoms with Gasteiger partial charge in [0.15, 0.2) is 0 Å². The van der Waals surface area contributed by atoms with Crippen LogP contribution in [0.4, 0.5) is 5.69 Å². The fraction of sp³-hybridized carbons (Fsp3) is 0.200. The monoisotopic (exact) mass is 201 g/mol. The average molecular weight is 202 g/mol. The van der Waals surface area contributed by atoms with Crippen LogP contribution in [-0.2, 0) is 11.8 Å². The summed E-state index contributed by atoms with van der Waals surface area (Å²) in [6, 6.07) is 0. The molecule has 0 unspecified atom stereocenters. The highest BCUT2D eigenvalue weighted by Crippen LogP contribution is 2.22. The van der Waals surface area contributed by atoms with Crippen LogP contribution in [-0.4, -0.2) is 15.9 Å². The van der Waals surface area contributed by atoms with Crippen LogP contribution >= 0.6 is 15.9 Å². The van der Waals surface area contributed by atoms with Gasteiger partial charge >= 0.3 is 0 Å². The van der Waals surface area contributed by atoms with Crippen molar-refractivity contribution >= 4 is 27.7 Å². The van der Waals surface area contributed by atoms with E-state index in [4.69, 9.17) is 0 Å². The van der Waals surface area contributed by atoms with Crippen LogP contribution in [0.2, 0.25) is 0 Å². The second-order valence-electron chi connectivity index (χ2n) is 1.65. The molecule has 0 bridgehead atoms. The number of aliphatic imine (C=N–C) groups is 1. The number of hydrogen-bond acceptors (Lipinski definition) is 3. The lowest BCUT2D eigenvalue weighted by molar-refractivity contribution is 0.565. The van der Waals surface area contributed by atoms with E-state index in [9.17, 15) is 4.79 Å². The largest absolute Gasteiger partial charge is 0.259 e. The quantitative estimate of drug-likeness (QED) is 0.506. The number of halogens is 1. The molecule has 0 saturated carbocycles. The summed E-state index contributed by atoms with van der Waals surface area (Å²) in [4.78, 5) is 13.2. The molecule has 0 aliphatic heterocycles. The van der Waals surface area contributed by atoms with Crippen LogP contribution < -0.4 is 0 Å². The molecule has 1 rings (SSSR count). The molecule has 0 aromatic carbocycles. The van der Waals surface area contributed by atoms with Crippen LogP contribution in [0.5, 0.6) is 0 Å². The molecule has 0 radical (unpaired) electrons. The van der Waals surface area contributed by atoms with Gasteiger partial charge < -0.3 is 0 Å². The minimum Gasteiger partial charge on any atom is -0.259 e. The Labute approximate surface area is 65.7 Å². The normalized spacial score (nSPS) is 9.00. The number of nitrogens with zero attached hydrogens (tertiary/aromatic N) is 3. The molecular weight excluding hydrogens is 198 g/mol. The van der Waals surface area contributed by atoms with Crippen LogP contribution in [0.3, 0.4) is 0 Å². The number of aromatic nitrogens is 2. The highest BCUT2D eigenvalue weighted by Gasteiger charge is 2.01. The van der Waals surface area contributed by atoms with Gasteiger partial charge in [0.2, 0.25) is 6.08 Å². The highest BCUT2D eigenvalue weighted by molar-refractivity contribution is 9.10. The van der Waals surface area contributed by atoms with Gasteiger partial charge in [-0.15, -0.1) is 0 Å². The van der Waals surface area contributed by atoms with Crippen molar-refractivity contribution < 1.29 is 4.79 Å². The van der Waals surface area contributed by atoms with Crippen molar-refractivity contribution in [3.63, 3.8) is 0 Å². The maximum Gasteiger partial charge on any atom is 0.240 e. The van der Waals surface area contributed by atoms with E-state index in [1.54, 1.807) is 11.7 Å². The molecule has 10 heavy (non-hydrogen) atoms. The van der Waals surface area contributed by atoms with E-state index < -0.39 is 0 Å². The first-order chi connectivity index (χ1) is 4.75. The summed E-state index contributed by atoms with van der Waals surface area (Å²) < 4.78 is 2.24. The van der Waals surface area contributed by atoms with Gasteiger partial charge in [0.25, 0.3) is 0 Å². The Morgan fingerprint density at radius 3 is 3.00 bits per heavy atom. The van der Waals surface area contributed by atoms with Gasteiger partial charge in [-0.2, -0.15) is 10.1 Å². The molecule has 0 spiro atoms. The van der Waals surface area contributed by atoms with E-state index in [-0.39, 0.29) is 0 Å². The lowest BCUT2D eigenvalue weighted by Gasteiger charge is -1.87. The maximum atomic E-state index is 9.79. The molecule has 0 fully saturated rings. The molecule has 0 N–H and O–H groups in total. The molecule has 0 atom stereocenters. The Bertz CT molecular complexity index is 287. The molecule has 0 amide bonds. The summed E-state index contributed by atoms with van der Waals surface area (Å²) in [5.74, 6) is 0. The van der Waals surface area contributed by atoms with Gasteiger partial charge in [-0.3, -0.25) is 4.68 Å². The molecular formula is C5H4BrN3O. The Kier molecular flexibility index (Phi) is 1.99. The van der Waals surface area contributed by atoms with Gasteiger partial charge in [-0.25, -0.2) is 4.79 Å². The summed E-state index contributed by atoms with van der Waals surface area (Å²) in [6.45, 7) is 0. The van der Waals surface area contributed by atoms with Crippen LogP contribution in [0.15, 0.2) is 15.8 Å². The minimum atomic E-state index is 0.498. The molecule has 1 aromatic rings. The first-order valence-corrected chi connectivity index (χ1v) is 3.30. The topological polar surface area (TPSA) is 47.2 Å². The number of carbonyl (C=O) groups excluding carboxylic acids is 1. The smallest absolute Gasteiger partial charge is 0.240 e. The van der Waals surface area contributed by atoms with Crippen LogP contribution in [0, 0.1) is 0 Å². The van der Waals surface area contributed by atoms with E-state index in [0.29, 0.717) is 10.3 Å². The summed E-state index contributed by atoms with van der Waals surface area (Å²) >= 11 is 3.18. The van der Waals surface area contributed by atoms with Crippen molar-refractivity contribution in [2.24, 2.45) is 12.0 Å². The third-order valence-corrected chi connectivity index (χ3v) is 1.93. The summed E-state index contributed by atoms with van der Waals surface area (Å²) in [5.41, 5.74) is 0.498. The highest BCUT2D eigenvalue weighted by atomic mass is 79.9. The Hall–Kier alpha value is -0.930. The zero-order valence-electron chi connectivity index (χ0n) is 5.21. The minimum absolute atomic E-state index is 0.498. The van der Waals surface area contributed by atoms with Crippen molar-refractivity contribution in [1.82, 2.24) is 9.78 Å². The van der Waals surface area contributed by atoms with Gasteiger partial charge in [0.1, 0.15) is 10.3 Å². The van der Waals surface area contributed by atoms with Gasteiger partial charge in [0.05, 0.1) is 6.20 Å². The zero-order valence-corrected chi connectivity index (χ0v) is 6.79. The fourth-order valence-electron chi connectivity index (χ4n) is 0.535. The van der Waals surface area contributed by atoms with E-state index in [1.807, 2.05) is 0 Å². The molecule has 0 aliphatic rings. The average Bonchev–Trinajstić information content (AvgIpc) is 2.20. The van der Waals surface area contributed by atoms with Crippen LogP contribution in [0.25, 0.3) is 0 Å². The summed E-state index contributed by atoms with van der Waals surface area (Å²) in [5, 5.41) is 3.83. The predicted molar refractivity (Wildman–Crippen MR) is 38.7 cm³/mol. The third-order valence-electron chi connectivity index (χ3n) is 1.01. The van der Waals surface area contributed by atoms with Gasteiger partial charge in [0, 0.05) is 7.05 Å². The van der Waals surface area contributed by atoms with E-state index in [2.05, 4.69) is 26.0 Å². The van der Waals surface area contributed by atoms with E-state index in [0.717, 1.165) is 0 Å². The predicted octanol–water partition coefficient (Wildman–Crippen LogP) is 1.15. The maximum absolute atomic E-state index is 9.79. The van der Waals surface area contributed by atoms with Crippen molar-refractivity contribution in [2.45, 2.75) is 0 Å². The van der Waals surface area contributed by atoms with Crippen molar-refractivity contribution in [3.8, 4) is 0 Å². The molecule has 1 heterocycles. The molecule has 4 nitrogen and oxygen atoms in total. The van der Waals surface area contributed by atoms with E-state index in [1.165, 1.54) is 12.3 Å². The second kappa shape index (κ2) is 2.77. The van der Waals surface area contributed by atoms with Crippen molar-refractivity contribution in [1.29, 1.82) is 0 Å². The first kappa shape index (κ1) is 7.18. The lowest BCUT2D eigenvalue weighted by atomic mass is 10.6. The number of aryl methyl sites for hydroxylation is 1. The number of rotatable bonds is 1. The second-order valence-corrected chi connectivity index (χ2v) is 2.40. The molecule has 0 aliphatic carbocycles. The Morgan fingerprint density at radius 1 is 1.90 bits per heavy atom. The van der Waals surface area contributed by atoms with Crippen molar-refractivity contribution in [3.05, 3.63) is 10.8 Å². The SMILES string of the molecule is Cn1ncc(N=C=O)c1Br. The van der Waals surface area contributed by atoms with Crippen molar-refractivity contribution in [2.75, 3.05) is 0 Å². The number of hydrogen-bond donors (Lipinski definition) is 0. The number of isocyanates is 1. The Balaban J connectivity index is 3.17. The van der Waals surface area contributed by atoms with Crippen LogP contribution in [0.1, 0.15) is 0 Å². The zero-order chi connectivity index (χ0) is 7.56. The third kappa shape index (κ3) is 1.15. The van der Waals surface area contributed by atoms with Gasteiger partial charge in [-0.1, -0.05) is 0 Å². The lowest BCUT2D eigenvalue weighted by Crippen LogP contribution is -1.87. The summed E-state index contributed by atoms with van der Waals surface area (Å²) in [6.07, 6.45) is 2.91. The Morgan fingerprint density at radius 2 is 2.60 bits per heavy atom. The molecule has 1 aromatic heterocycles. The molecule has 52 valence electrons. The van der Waals surface area contributed by atoms with Gasteiger partial charge in [-0.05, 0) is 15.9 Å². The molecule has 0 saturated heterocycles.